The Labute approximate surface area is 122 Å². The van der Waals surface area contributed by atoms with Crippen molar-refractivity contribution < 1.29 is 13.9 Å². The Kier molecular flexibility index (Phi) is 4.71. The van der Waals surface area contributed by atoms with E-state index in [2.05, 4.69) is 4.98 Å². The fourth-order valence-corrected chi connectivity index (χ4v) is 1.71. The zero-order valence-corrected chi connectivity index (χ0v) is 11.6. The molecule has 5 nitrogen and oxygen atoms in total. The van der Waals surface area contributed by atoms with Crippen LogP contribution in [0.4, 0.5) is 10.1 Å². The van der Waals surface area contributed by atoms with E-state index in [-0.39, 0.29) is 17.4 Å². The molecule has 110 valence electrons. The van der Waals surface area contributed by atoms with E-state index in [1.54, 1.807) is 19.2 Å². The fraction of sp³-hybridized carbons (Fsp3) is 0.200. The lowest BCUT2D eigenvalue weighted by Crippen LogP contribution is -2.32. The van der Waals surface area contributed by atoms with E-state index >= 15 is 0 Å². The number of pyridine rings is 1. The predicted octanol–water partition coefficient (Wildman–Crippen LogP) is 1.95. The summed E-state index contributed by atoms with van der Waals surface area (Å²) >= 11 is 0. The van der Waals surface area contributed by atoms with E-state index in [0.717, 1.165) is 0 Å². The Morgan fingerprint density at radius 1 is 1.33 bits per heavy atom. The molecule has 0 spiro atoms. The van der Waals surface area contributed by atoms with E-state index in [0.29, 0.717) is 24.6 Å². The summed E-state index contributed by atoms with van der Waals surface area (Å²) in [7, 11) is 1.64. The first-order valence-electron chi connectivity index (χ1n) is 6.42. The van der Waals surface area contributed by atoms with E-state index in [1.165, 1.54) is 35.4 Å². The van der Waals surface area contributed by atoms with Crippen LogP contribution in [0.3, 0.4) is 0 Å². The summed E-state index contributed by atoms with van der Waals surface area (Å²) in [6.07, 6.45) is 1.52. The number of nitrogens with two attached hydrogens (primary N) is 1. The highest BCUT2D eigenvalue weighted by Gasteiger charge is 2.15. The molecule has 6 heteroatoms. The van der Waals surface area contributed by atoms with Crippen LogP contribution in [-0.4, -0.2) is 36.0 Å². The minimum atomic E-state index is -0.319. The van der Waals surface area contributed by atoms with Crippen LogP contribution < -0.4 is 10.5 Å². The van der Waals surface area contributed by atoms with Gasteiger partial charge in [0.25, 0.3) is 5.91 Å². The quantitative estimate of drug-likeness (QED) is 0.913. The molecule has 0 fully saturated rings. The second-order valence-corrected chi connectivity index (χ2v) is 4.47. The summed E-state index contributed by atoms with van der Waals surface area (Å²) < 4.78 is 18.2. The number of halogens is 1. The monoisotopic (exact) mass is 289 g/mol. The maximum Gasteiger partial charge on any atom is 0.274 e. The molecule has 2 aromatic rings. The van der Waals surface area contributed by atoms with Crippen LogP contribution in [0.1, 0.15) is 10.5 Å². The standard InChI is InChI=1S/C15H16FN3O2/c1-19(15(20)14-13(17)3-2-8-18-14)9-10-21-12-6-4-11(16)5-7-12/h2-8H,9-10,17H2,1H3. The molecule has 0 radical (unpaired) electrons. The molecule has 2 N–H and O–H groups in total. The minimum absolute atomic E-state index is 0.224. The van der Waals surface area contributed by atoms with Gasteiger partial charge in [-0.15, -0.1) is 0 Å². The van der Waals surface area contributed by atoms with Gasteiger partial charge in [0.05, 0.1) is 12.2 Å². The first-order chi connectivity index (χ1) is 10.1. The smallest absolute Gasteiger partial charge is 0.274 e. The number of carbonyl (C=O) groups is 1. The van der Waals surface area contributed by atoms with Crippen LogP contribution in [0, 0.1) is 5.82 Å². The van der Waals surface area contributed by atoms with Gasteiger partial charge in [-0.1, -0.05) is 0 Å². The number of hydrogen-bond acceptors (Lipinski definition) is 4. The van der Waals surface area contributed by atoms with Crippen molar-refractivity contribution in [3.05, 3.63) is 54.1 Å². The van der Waals surface area contributed by atoms with Crippen LogP contribution in [0.15, 0.2) is 42.6 Å². The molecular weight excluding hydrogens is 273 g/mol. The van der Waals surface area contributed by atoms with Crippen LogP contribution in [0.25, 0.3) is 0 Å². The molecular formula is C15H16FN3O2. The molecule has 0 aliphatic heterocycles. The third-order valence-corrected chi connectivity index (χ3v) is 2.90. The number of likely N-dealkylation sites (N-methyl/N-ethyl adjacent to an activating group) is 1. The Morgan fingerprint density at radius 3 is 2.71 bits per heavy atom. The molecule has 0 unspecified atom stereocenters. The summed E-state index contributed by atoms with van der Waals surface area (Å²) in [6, 6.07) is 9.01. The minimum Gasteiger partial charge on any atom is -0.492 e. The number of anilines is 1. The van der Waals surface area contributed by atoms with Crippen molar-refractivity contribution in [2.75, 3.05) is 25.9 Å². The van der Waals surface area contributed by atoms with Gasteiger partial charge in [-0.2, -0.15) is 0 Å². The second kappa shape index (κ2) is 6.69. The Hall–Kier alpha value is -2.63. The molecule has 1 aromatic heterocycles. The second-order valence-electron chi connectivity index (χ2n) is 4.47. The van der Waals surface area contributed by atoms with Crippen molar-refractivity contribution in [1.29, 1.82) is 0 Å². The third-order valence-electron chi connectivity index (χ3n) is 2.90. The molecule has 0 bridgehead atoms. The van der Waals surface area contributed by atoms with Gasteiger partial charge in [0, 0.05) is 13.2 Å². The summed E-state index contributed by atoms with van der Waals surface area (Å²) in [5, 5.41) is 0. The van der Waals surface area contributed by atoms with Crippen molar-refractivity contribution in [2.45, 2.75) is 0 Å². The molecule has 1 aromatic carbocycles. The maximum absolute atomic E-state index is 12.7. The molecule has 0 aliphatic rings. The molecule has 0 saturated heterocycles. The van der Waals surface area contributed by atoms with Gasteiger partial charge in [-0.3, -0.25) is 4.79 Å². The molecule has 0 atom stereocenters. The summed E-state index contributed by atoms with van der Waals surface area (Å²) in [5.74, 6) is -0.0364. The van der Waals surface area contributed by atoms with Gasteiger partial charge in [0.1, 0.15) is 18.2 Å². The molecule has 21 heavy (non-hydrogen) atoms. The normalized spacial score (nSPS) is 10.2. The lowest BCUT2D eigenvalue weighted by atomic mass is 10.2. The zero-order chi connectivity index (χ0) is 15.2. The van der Waals surface area contributed by atoms with Gasteiger partial charge < -0.3 is 15.4 Å². The number of nitrogen functional groups attached to an aromatic ring is 1. The first kappa shape index (κ1) is 14.8. The van der Waals surface area contributed by atoms with E-state index in [1.807, 2.05) is 0 Å². The third kappa shape index (κ3) is 3.92. The van der Waals surface area contributed by atoms with Gasteiger partial charge in [0.2, 0.25) is 0 Å². The van der Waals surface area contributed by atoms with Crippen molar-refractivity contribution in [1.82, 2.24) is 9.88 Å². The van der Waals surface area contributed by atoms with Crippen LogP contribution in [0.2, 0.25) is 0 Å². The van der Waals surface area contributed by atoms with E-state index in [9.17, 15) is 9.18 Å². The zero-order valence-electron chi connectivity index (χ0n) is 11.6. The van der Waals surface area contributed by atoms with Crippen LogP contribution >= 0.6 is 0 Å². The van der Waals surface area contributed by atoms with Gasteiger partial charge >= 0.3 is 0 Å². The van der Waals surface area contributed by atoms with E-state index < -0.39 is 0 Å². The summed E-state index contributed by atoms with van der Waals surface area (Å²) in [4.78, 5) is 17.6. The Balaban J connectivity index is 1.87. The highest BCUT2D eigenvalue weighted by atomic mass is 19.1. The number of ether oxygens (including phenoxy) is 1. The number of rotatable bonds is 5. The van der Waals surface area contributed by atoms with E-state index in [4.69, 9.17) is 10.5 Å². The molecule has 0 saturated carbocycles. The average Bonchev–Trinajstić information content (AvgIpc) is 2.49. The molecule has 0 aliphatic carbocycles. The predicted molar refractivity (Wildman–Crippen MR) is 77.5 cm³/mol. The Bertz CT molecular complexity index is 617. The first-order valence-corrected chi connectivity index (χ1v) is 6.42. The summed E-state index contributed by atoms with van der Waals surface area (Å²) in [5.41, 5.74) is 6.28. The Morgan fingerprint density at radius 2 is 2.05 bits per heavy atom. The number of carbonyl (C=O) groups excluding carboxylic acids is 1. The number of nitrogens with zero attached hydrogens (tertiary/aromatic N) is 2. The highest BCUT2D eigenvalue weighted by molar-refractivity contribution is 5.96. The lowest BCUT2D eigenvalue weighted by Gasteiger charge is -2.17. The van der Waals surface area contributed by atoms with Gasteiger partial charge in [0.15, 0.2) is 5.69 Å². The van der Waals surface area contributed by atoms with Crippen molar-refractivity contribution >= 4 is 11.6 Å². The van der Waals surface area contributed by atoms with Gasteiger partial charge in [-0.05, 0) is 36.4 Å². The van der Waals surface area contributed by atoms with Crippen LogP contribution in [0.5, 0.6) is 5.75 Å². The number of amides is 1. The molecule has 1 amide bonds. The largest absolute Gasteiger partial charge is 0.492 e. The lowest BCUT2D eigenvalue weighted by molar-refractivity contribution is 0.0769. The maximum atomic E-state index is 12.7. The fourth-order valence-electron chi connectivity index (χ4n) is 1.71. The van der Waals surface area contributed by atoms with Gasteiger partial charge in [-0.25, -0.2) is 9.37 Å². The highest BCUT2D eigenvalue weighted by Crippen LogP contribution is 2.12. The van der Waals surface area contributed by atoms with Crippen molar-refractivity contribution in [2.24, 2.45) is 0 Å². The average molecular weight is 289 g/mol. The SMILES string of the molecule is CN(CCOc1ccc(F)cc1)C(=O)c1ncccc1N. The summed E-state index contributed by atoms with van der Waals surface area (Å²) in [6.45, 7) is 0.660. The van der Waals surface area contributed by atoms with Crippen molar-refractivity contribution in [3.8, 4) is 5.75 Å². The number of aromatic nitrogens is 1. The topological polar surface area (TPSA) is 68.5 Å². The molecule has 1 heterocycles. The number of benzene rings is 1. The van der Waals surface area contributed by atoms with Crippen LogP contribution in [-0.2, 0) is 0 Å². The van der Waals surface area contributed by atoms with Crippen molar-refractivity contribution in [3.63, 3.8) is 0 Å². The molecule has 2 rings (SSSR count). The number of hydrogen-bond donors (Lipinski definition) is 1.